The zero-order valence-electron chi connectivity index (χ0n) is 9.61. The summed E-state index contributed by atoms with van der Waals surface area (Å²) in [5.41, 5.74) is 0. The summed E-state index contributed by atoms with van der Waals surface area (Å²) in [6.45, 7) is 0.654. The number of carbonyl (C=O) groups is 1. The molecular weight excluding hydrogens is 228 g/mol. The normalized spacial score (nSPS) is 10.4. The van der Waals surface area contributed by atoms with Crippen LogP contribution in [0, 0.1) is 0 Å². The predicted molar refractivity (Wildman–Crippen MR) is 60.2 cm³/mol. The summed E-state index contributed by atoms with van der Waals surface area (Å²) in [7, 11) is 1.36. The van der Waals surface area contributed by atoms with Crippen LogP contribution in [0.15, 0.2) is 30.3 Å². The predicted octanol–water partition coefficient (Wildman–Crippen LogP) is 2.18. The van der Waals surface area contributed by atoms with Crippen molar-refractivity contribution in [1.29, 1.82) is 0 Å². The summed E-state index contributed by atoms with van der Waals surface area (Å²) >= 11 is 0. The van der Waals surface area contributed by atoms with Gasteiger partial charge in [-0.25, -0.2) is 0 Å². The zero-order valence-corrected chi connectivity index (χ0v) is 9.61. The number of para-hydroxylation sites is 1. The van der Waals surface area contributed by atoms with E-state index in [0.29, 0.717) is 13.0 Å². The van der Waals surface area contributed by atoms with Gasteiger partial charge < -0.3 is 9.64 Å². The maximum absolute atomic E-state index is 12.0. The Bertz CT molecular complexity index is 344. The Morgan fingerprint density at radius 3 is 2.59 bits per heavy atom. The van der Waals surface area contributed by atoms with E-state index in [1.807, 2.05) is 30.3 Å². The highest BCUT2D eigenvalue weighted by atomic mass is 19.3. The van der Waals surface area contributed by atoms with E-state index in [0.717, 1.165) is 10.6 Å². The van der Waals surface area contributed by atoms with Crippen molar-refractivity contribution in [3.05, 3.63) is 30.3 Å². The third-order valence-electron chi connectivity index (χ3n) is 2.21. The van der Waals surface area contributed by atoms with E-state index in [1.165, 1.54) is 7.05 Å². The van der Waals surface area contributed by atoms with Gasteiger partial charge in [-0.3, -0.25) is 4.79 Å². The largest absolute Gasteiger partial charge is 0.494 e. The fourth-order valence-corrected chi connectivity index (χ4v) is 1.29. The van der Waals surface area contributed by atoms with Gasteiger partial charge in [0.2, 0.25) is 0 Å². The highest BCUT2D eigenvalue weighted by Crippen LogP contribution is 2.08. The van der Waals surface area contributed by atoms with Crippen molar-refractivity contribution in [2.45, 2.75) is 12.8 Å². The molecule has 0 saturated heterocycles. The molecule has 94 valence electrons. The van der Waals surface area contributed by atoms with Crippen LogP contribution in [0.5, 0.6) is 5.75 Å². The fraction of sp³-hybridized carbons (Fsp3) is 0.417. The number of nitrogens with zero attached hydrogens (tertiary/aromatic N) is 1. The van der Waals surface area contributed by atoms with Crippen molar-refractivity contribution in [3.8, 4) is 5.75 Å². The Kier molecular flexibility index (Phi) is 5.39. The molecule has 1 aromatic rings. The molecule has 0 atom stereocenters. The fourth-order valence-electron chi connectivity index (χ4n) is 1.29. The number of benzene rings is 1. The minimum Gasteiger partial charge on any atom is -0.494 e. The lowest BCUT2D eigenvalue weighted by molar-refractivity contribution is -0.141. The monoisotopic (exact) mass is 243 g/mol. The molecule has 17 heavy (non-hydrogen) atoms. The summed E-state index contributed by atoms with van der Waals surface area (Å²) < 4.78 is 29.4. The van der Waals surface area contributed by atoms with Gasteiger partial charge in [0.05, 0.1) is 6.61 Å². The lowest BCUT2D eigenvalue weighted by Crippen LogP contribution is -2.33. The standard InChI is InChI=1S/C12H15F2NO2/c1-15(12(16)11(13)14)8-5-9-17-10-6-3-2-4-7-10/h2-4,6-7,11H,5,8-9H2,1H3. The molecule has 1 aromatic carbocycles. The quantitative estimate of drug-likeness (QED) is 0.717. The zero-order chi connectivity index (χ0) is 12.7. The van der Waals surface area contributed by atoms with Gasteiger partial charge in [-0.15, -0.1) is 0 Å². The second kappa shape index (κ2) is 6.83. The number of halogens is 2. The van der Waals surface area contributed by atoms with Crippen LogP contribution in [0.4, 0.5) is 8.78 Å². The minimum absolute atomic E-state index is 0.260. The first-order valence-electron chi connectivity index (χ1n) is 5.32. The molecule has 0 unspecified atom stereocenters. The Morgan fingerprint density at radius 2 is 2.00 bits per heavy atom. The van der Waals surface area contributed by atoms with E-state index in [4.69, 9.17) is 4.74 Å². The van der Waals surface area contributed by atoms with Crippen LogP contribution in [-0.4, -0.2) is 37.4 Å². The molecule has 3 nitrogen and oxygen atoms in total. The molecule has 0 aliphatic rings. The number of hydrogen-bond donors (Lipinski definition) is 0. The topological polar surface area (TPSA) is 29.5 Å². The van der Waals surface area contributed by atoms with Gasteiger partial charge in [0, 0.05) is 13.6 Å². The number of ether oxygens (including phenoxy) is 1. The molecule has 1 amide bonds. The summed E-state index contributed by atoms with van der Waals surface area (Å²) in [6.07, 6.45) is -2.42. The Morgan fingerprint density at radius 1 is 1.35 bits per heavy atom. The van der Waals surface area contributed by atoms with Gasteiger partial charge in [0.25, 0.3) is 5.91 Å². The molecule has 0 spiro atoms. The minimum atomic E-state index is -2.94. The highest BCUT2D eigenvalue weighted by molar-refractivity contribution is 5.78. The van der Waals surface area contributed by atoms with E-state index in [9.17, 15) is 13.6 Å². The van der Waals surface area contributed by atoms with E-state index < -0.39 is 12.3 Å². The first-order valence-corrected chi connectivity index (χ1v) is 5.32. The van der Waals surface area contributed by atoms with Crippen LogP contribution < -0.4 is 4.74 Å². The van der Waals surface area contributed by atoms with E-state index in [-0.39, 0.29) is 6.54 Å². The summed E-state index contributed by atoms with van der Waals surface area (Å²) in [5, 5.41) is 0. The van der Waals surface area contributed by atoms with Crippen molar-refractivity contribution in [1.82, 2.24) is 4.90 Å². The highest BCUT2D eigenvalue weighted by Gasteiger charge is 2.19. The first kappa shape index (κ1) is 13.4. The van der Waals surface area contributed by atoms with E-state index >= 15 is 0 Å². The number of hydrogen-bond acceptors (Lipinski definition) is 2. The molecule has 0 heterocycles. The number of amides is 1. The van der Waals surface area contributed by atoms with Gasteiger partial charge in [-0.05, 0) is 18.6 Å². The van der Waals surface area contributed by atoms with Gasteiger partial charge in [-0.1, -0.05) is 18.2 Å². The van der Waals surface area contributed by atoms with Crippen LogP contribution in [0.1, 0.15) is 6.42 Å². The second-order valence-corrected chi connectivity index (χ2v) is 3.58. The summed E-state index contributed by atoms with van der Waals surface area (Å²) in [6, 6.07) is 9.20. The van der Waals surface area contributed by atoms with Crippen LogP contribution in [0.2, 0.25) is 0 Å². The Balaban J connectivity index is 2.18. The van der Waals surface area contributed by atoms with Crippen LogP contribution >= 0.6 is 0 Å². The van der Waals surface area contributed by atoms with Crippen molar-refractivity contribution in [2.24, 2.45) is 0 Å². The third-order valence-corrected chi connectivity index (χ3v) is 2.21. The van der Waals surface area contributed by atoms with Crippen LogP contribution in [-0.2, 0) is 4.79 Å². The summed E-state index contributed by atoms with van der Waals surface area (Å²) in [5.74, 6) is -0.417. The molecule has 1 rings (SSSR count). The molecule has 0 N–H and O–H groups in total. The molecule has 0 saturated carbocycles. The van der Waals surface area contributed by atoms with Gasteiger partial charge in [0.15, 0.2) is 0 Å². The Labute approximate surface area is 99.0 Å². The first-order chi connectivity index (χ1) is 8.11. The van der Waals surface area contributed by atoms with Crippen LogP contribution in [0.3, 0.4) is 0 Å². The molecule has 5 heteroatoms. The number of rotatable bonds is 6. The molecule has 0 bridgehead atoms. The van der Waals surface area contributed by atoms with Crippen molar-refractivity contribution < 1.29 is 18.3 Å². The van der Waals surface area contributed by atoms with Gasteiger partial charge in [-0.2, -0.15) is 8.78 Å². The molecule has 0 fully saturated rings. The Hall–Kier alpha value is -1.65. The SMILES string of the molecule is CN(CCCOc1ccccc1)C(=O)C(F)F. The van der Waals surface area contributed by atoms with Gasteiger partial charge in [0.1, 0.15) is 5.75 Å². The average molecular weight is 243 g/mol. The van der Waals surface area contributed by atoms with E-state index in [2.05, 4.69) is 0 Å². The maximum atomic E-state index is 12.0. The van der Waals surface area contributed by atoms with Crippen molar-refractivity contribution >= 4 is 5.91 Å². The molecule has 0 radical (unpaired) electrons. The molecule has 0 aromatic heterocycles. The van der Waals surface area contributed by atoms with E-state index in [1.54, 1.807) is 0 Å². The van der Waals surface area contributed by atoms with Crippen LogP contribution in [0.25, 0.3) is 0 Å². The average Bonchev–Trinajstić information content (AvgIpc) is 2.34. The third kappa shape index (κ3) is 4.80. The van der Waals surface area contributed by atoms with Crippen molar-refractivity contribution in [2.75, 3.05) is 20.2 Å². The lowest BCUT2D eigenvalue weighted by atomic mass is 10.3. The summed E-state index contributed by atoms with van der Waals surface area (Å²) in [4.78, 5) is 11.9. The lowest BCUT2D eigenvalue weighted by Gasteiger charge is -2.16. The smallest absolute Gasteiger partial charge is 0.315 e. The molecular formula is C12H15F2NO2. The second-order valence-electron chi connectivity index (χ2n) is 3.58. The molecule has 0 aliphatic heterocycles. The van der Waals surface area contributed by atoms with Gasteiger partial charge >= 0.3 is 6.43 Å². The number of carbonyl (C=O) groups excluding carboxylic acids is 1. The maximum Gasteiger partial charge on any atom is 0.315 e. The molecule has 0 aliphatic carbocycles. The van der Waals surface area contributed by atoms with Crippen molar-refractivity contribution in [3.63, 3.8) is 0 Å². The number of alkyl halides is 2.